The van der Waals surface area contributed by atoms with Gasteiger partial charge in [0.15, 0.2) is 0 Å². The Morgan fingerprint density at radius 1 is 1.35 bits per heavy atom. The third kappa shape index (κ3) is 2.84. The summed E-state index contributed by atoms with van der Waals surface area (Å²) in [5, 5.41) is 8.74. The monoisotopic (exact) mass is 233 g/mol. The number of carbonyl (C=O) groups is 2. The quantitative estimate of drug-likeness (QED) is 0.866. The summed E-state index contributed by atoms with van der Waals surface area (Å²) in [6, 6.07) is 7.22. The van der Waals surface area contributed by atoms with Gasteiger partial charge in [-0.1, -0.05) is 12.1 Å². The van der Waals surface area contributed by atoms with Gasteiger partial charge >= 0.3 is 5.97 Å². The molecule has 1 aliphatic rings. The maximum absolute atomic E-state index is 11.7. The van der Waals surface area contributed by atoms with Crippen molar-refractivity contribution in [2.45, 2.75) is 25.7 Å². The molecule has 0 aliphatic carbocycles. The van der Waals surface area contributed by atoms with Crippen LogP contribution in [0, 0.1) is 0 Å². The van der Waals surface area contributed by atoms with Gasteiger partial charge in [0.1, 0.15) is 0 Å². The van der Waals surface area contributed by atoms with Gasteiger partial charge in [-0.05, 0) is 30.5 Å². The predicted octanol–water partition coefficient (Wildman–Crippen LogP) is 1.83. The van der Waals surface area contributed by atoms with Gasteiger partial charge in [0, 0.05) is 18.7 Å². The maximum atomic E-state index is 11.7. The number of aliphatic carboxylic acids is 1. The molecule has 1 N–H and O–H groups in total. The van der Waals surface area contributed by atoms with Gasteiger partial charge in [0.05, 0.1) is 6.42 Å². The van der Waals surface area contributed by atoms with Crippen molar-refractivity contribution in [3.05, 3.63) is 29.8 Å². The first-order valence-corrected chi connectivity index (χ1v) is 5.78. The van der Waals surface area contributed by atoms with Crippen molar-refractivity contribution in [1.29, 1.82) is 0 Å². The maximum Gasteiger partial charge on any atom is 0.307 e. The fourth-order valence-electron chi connectivity index (χ4n) is 2.09. The molecule has 17 heavy (non-hydrogen) atoms. The topological polar surface area (TPSA) is 57.6 Å². The number of carboxylic acids is 1. The van der Waals surface area contributed by atoms with Crippen molar-refractivity contribution in [3.8, 4) is 0 Å². The van der Waals surface area contributed by atoms with Gasteiger partial charge in [-0.25, -0.2) is 0 Å². The second-order valence-electron chi connectivity index (χ2n) is 4.24. The first kappa shape index (κ1) is 11.6. The van der Waals surface area contributed by atoms with Crippen LogP contribution >= 0.6 is 0 Å². The lowest BCUT2D eigenvalue weighted by Crippen LogP contribution is -2.35. The molecule has 1 saturated heterocycles. The molecule has 2 rings (SSSR count). The van der Waals surface area contributed by atoms with Crippen molar-refractivity contribution >= 4 is 17.6 Å². The summed E-state index contributed by atoms with van der Waals surface area (Å²) in [5.41, 5.74) is 1.54. The van der Waals surface area contributed by atoms with Gasteiger partial charge in [0.25, 0.3) is 0 Å². The molecule has 1 aromatic carbocycles. The van der Waals surface area contributed by atoms with E-state index in [0.29, 0.717) is 6.42 Å². The smallest absolute Gasteiger partial charge is 0.307 e. The van der Waals surface area contributed by atoms with Crippen LogP contribution in [0.2, 0.25) is 0 Å². The molecule has 0 spiro atoms. The molecular formula is C13H15NO3. The molecule has 1 aromatic rings. The minimum absolute atomic E-state index is 0.00410. The van der Waals surface area contributed by atoms with E-state index in [0.717, 1.165) is 30.6 Å². The number of hydrogen-bond donors (Lipinski definition) is 1. The zero-order valence-electron chi connectivity index (χ0n) is 9.56. The normalized spacial score (nSPS) is 16.0. The van der Waals surface area contributed by atoms with Crippen molar-refractivity contribution in [2.75, 3.05) is 11.4 Å². The molecular weight excluding hydrogens is 218 g/mol. The molecule has 1 heterocycles. The van der Waals surface area contributed by atoms with Crippen molar-refractivity contribution in [3.63, 3.8) is 0 Å². The number of rotatable bonds is 3. The highest BCUT2D eigenvalue weighted by Crippen LogP contribution is 2.22. The average Bonchev–Trinajstić information content (AvgIpc) is 2.29. The van der Waals surface area contributed by atoms with Gasteiger partial charge in [0.2, 0.25) is 5.91 Å². The summed E-state index contributed by atoms with van der Waals surface area (Å²) in [6.07, 6.45) is 2.54. The van der Waals surface area contributed by atoms with Crippen molar-refractivity contribution in [1.82, 2.24) is 0 Å². The first-order valence-electron chi connectivity index (χ1n) is 5.78. The molecule has 1 fully saturated rings. The Hall–Kier alpha value is -1.84. The molecule has 90 valence electrons. The highest BCUT2D eigenvalue weighted by atomic mass is 16.4. The van der Waals surface area contributed by atoms with Crippen molar-refractivity contribution in [2.24, 2.45) is 0 Å². The van der Waals surface area contributed by atoms with Crippen LogP contribution in [0.4, 0.5) is 5.69 Å². The molecule has 0 atom stereocenters. The number of benzene rings is 1. The molecule has 4 heteroatoms. The number of nitrogens with zero attached hydrogens (tertiary/aromatic N) is 1. The van der Waals surface area contributed by atoms with Crippen LogP contribution in [-0.4, -0.2) is 23.5 Å². The lowest BCUT2D eigenvalue weighted by Gasteiger charge is -2.27. The lowest BCUT2D eigenvalue weighted by atomic mass is 10.1. The fourth-order valence-corrected chi connectivity index (χ4v) is 2.09. The summed E-state index contributed by atoms with van der Waals surface area (Å²) in [6.45, 7) is 0.732. The van der Waals surface area contributed by atoms with E-state index in [1.54, 1.807) is 23.1 Å². The van der Waals surface area contributed by atoms with Crippen LogP contribution < -0.4 is 4.90 Å². The molecule has 0 aromatic heterocycles. The van der Waals surface area contributed by atoms with Gasteiger partial charge in [-0.15, -0.1) is 0 Å². The largest absolute Gasteiger partial charge is 0.481 e. The predicted molar refractivity (Wildman–Crippen MR) is 64.0 cm³/mol. The number of hydrogen-bond acceptors (Lipinski definition) is 2. The standard InChI is InChI=1S/C13H15NO3/c15-12-6-1-2-7-14(12)11-5-3-4-10(8-11)9-13(16)17/h3-5,8H,1-2,6-7,9H2,(H,16,17). The van der Waals surface area contributed by atoms with Crippen LogP contribution in [0.1, 0.15) is 24.8 Å². The lowest BCUT2D eigenvalue weighted by molar-refractivity contribution is -0.136. The third-order valence-corrected chi connectivity index (χ3v) is 2.90. The number of piperidine rings is 1. The molecule has 1 aliphatic heterocycles. The van der Waals surface area contributed by atoms with Crippen LogP contribution in [0.5, 0.6) is 0 Å². The van der Waals surface area contributed by atoms with E-state index in [-0.39, 0.29) is 12.3 Å². The van der Waals surface area contributed by atoms with E-state index in [9.17, 15) is 9.59 Å². The number of anilines is 1. The molecule has 4 nitrogen and oxygen atoms in total. The second-order valence-corrected chi connectivity index (χ2v) is 4.24. The highest BCUT2D eigenvalue weighted by molar-refractivity contribution is 5.94. The minimum Gasteiger partial charge on any atom is -0.481 e. The zero-order chi connectivity index (χ0) is 12.3. The Kier molecular flexibility index (Phi) is 3.42. The zero-order valence-corrected chi connectivity index (χ0v) is 9.56. The molecule has 0 unspecified atom stereocenters. The van der Waals surface area contributed by atoms with E-state index < -0.39 is 5.97 Å². The third-order valence-electron chi connectivity index (χ3n) is 2.90. The summed E-state index contributed by atoms with van der Waals surface area (Å²) in [4.78, 5) is 24.1. The van der Waals surface area contributed by atoms with Gasteiger partial charge in [-0.2, -0.15) is 0 Å². The van der Waals surface area contributed by atoms with E-state index in [1.165, 1.54) is 0 Å². The van der Waals surface area contributed by atoms with E-state index in [2.05, 4.69) is 0 Å². The Morgan fingerprint density at radius 2 is 2.18 bits per heavy atom. The number of carboxylic acid groups (broad SMARTS) is 1. The van der Waals surface area contributed by atoms with E-state index in [1.807, 2.05) is 6.07 Å². The summed E-state index contributed by atoms with van der Waals surface area (Å²) in [5.74, 6) is -0.726. The van der Waals surface area contributed by atoms with Crippen molar-refractivity contribution < 1.29 is 14.7 Å². The Morgan fingerprint density at radius 3 is 2.88 bits per heavy atom. The first-order chi connectivity index (χ1) is 8.16. The van der Waals surface area contributed by atoms with Gasteiger partial charge in [-0.3, -0.25) is 9.59 Å². The Labute approximate surface area is 99.9 Å². The van der Waals surface area contributed by atoms with Crippen LogP contribution in [0.25, 0.3) is 0 Å². The Balaban J connectivity index is 2.19. The van der Waals surface area contributed by atoms with E-state index in [4.69, 9.17) is 5.11 Å². The van der Waals surface area contributed by atoms with Crippen LogP contribution in [0.3, 0.4) is 0 Å². The summed E-state index contributed by atoms with van der Waals surface area (Å²) in [7, 11) is 0. The SMILES string of the molecule is O=C(O)Cc1cccc(N2CCCCC2=O)c1. The molecule has 0 saturated carbocycles. The van der Waals surface area contributed by atoms with Gasteiger partial charge < -0.3 is 10.0 Å². The number of carbonyl (C=O) groups excluding carboxylic acids is 1. The second kappa shape index (κ2) is 4.99. The minimum atomic E-state index is -0.855. The number of amides is 1. The molecule has 1 amide bonds. The summed E-state index contributed by atoms with van der Waals surface area (Å²) >= 11 is 0. The molecule has 0 bridgehead atoms. The molecule has 0 radical (unpaired) electrons. The Bertz CT molecular complexity index is 442. The van der Waals surface area contributed by atoms with E-state index >= 15 is 0 Å². The summed E-state index contributed by atoms with van der Waals surface area (Å²) < 4.78 is 0. The fraction of sp³-hybridized carbons (Fsp3) is 0.385. The van der Waals surface area contributed by atoms with Crippen LogP contribution in [0.15, 0.2) is 24.3 Å². The van der Waals surface area contributed by atoms with Crippen LogP contribution in [-0.2, 0) is 16.0 Å². The highest BCUT2D eigenvalue weighted by Gasteiger charge is 2.19. The average molecular weight is 233 g/mol.